The molecule has 0 bridgehead atoms. The van der Waals surface area contributed by atoms with E-state index >= 15 is 0 Å². The summed E-state index contributed by atoms with van der Waals surface area (Å²) >= 11 is 0. The molecule has 1 aromatic rings. The summed E-state index contributed by atoms with van der Waals surface area (Å²) in [5.74, 6) is -0.286. The number of ether oxygens (including phenoxy) is 1. The molecule has 20 heavy (non-hydrogen) atoms. The van der Waals surface area contributed by atoms with Crippen molar-refractivity contribution < 1.29 is 9.53 Å². The third-order valence-electron chi connectivity index (χ3n) is 4.20. The highest BCUT2D eigenvalue weighted by Gasteiger charge is 2.27. The molecule has 1 aliphatic carbocycles. The molecular formula is C15H25N3O2. The summed E-state index contributed by atoms with van der Waals surface area (Å²) in [6.07, 6.45) is 7.87. The number of carbonyl (C=O) groups is 1. The molecule has 1 fully saturated rings. The predicted octanol–water partition coefficient (Wildman–Crippen LogP) is 2.41. The zero-order valence-corrected chi connectivity index (χ0v) is 12.7. The van der Waals surface area contributed by atoms with Crippen molar-refractivity contribution in [3.05, 3.63) is 17.5 Å². The Balaban J connectivity index is 2.05. The normalized spacial score (nSPS) is 17.9. The van der Waals surface area contributed by atoms with Crippen LogP contribution in [0.5, 0.6) is 0 Å². The molecular weight excluding hydrogens is 254 g/mol. The number of nitrogens with zero attached hydrogens (tertiary/aromatic N) is 2. The molecule has 0 unspecified atom stereocenters. The number of hydrogen-bond acceptors (Lipinski definition) is 4. The van der Waals surface area contributed by atoms with Gasteiger partial charge in [-0.3, -0.25) is 4.68 Å². The Morgan fingerprint density at radius 3 is 2.80 bits per heavy atom. The van der Waals surface area contributed by atoms with E-state index in [1.807, 2.05) is 14.0 Å². The molecule has 1 aliphatic rings. The van der Waals surface area contributed by atoms with Gasteiger partial charge in [-0.1, -0.05) is 19.3 Å². The van der Waals surface area contributed by atoms with Gasteiger partial charge in [-0.15, -0.1) is 0 Å². The van der Waals surface area contributed by atoms with Crippen molar-refractivity contribution in [2.24, 2.45) is 7.05 Å². The molecule has 0 aromatic carbocycles. The third-order valence-corrected chi connectivity index (χ3v) is 4.20. The van der Waals surface area contributed by atoms with E-state index < -0.39 is 0 Å². The smallest absolute Gasteiger partial charge is 0.341 e. The van der Waals surface area contributed by atoms with Gasteiger partial charge in [0.2, 0.25) is 0 Å². The first-order valence-electron chi connectivity index (χ1n) is 7.49. The van der Waals surface area contributed by atoms with Gasteiger partial charge in [-0.25, -0.2) is 4.79 Å². The Kier molecular flexibility index (Phi) is 4.81. The van der Waals surface area contributed by atoms with E-state index in [9.17, 15) is 4.79 Å². The summed E-state index contributed by atoms with van der Waals surface area (Å²) in [4.78, 5) is 11.9. The van der Waals surface area contributed by atoms with Crippen LogP contribution in [0.1, 0.15) is 62.0 Å². The van der Waals surface area contributed by atoms with E-state index in [4.69, 9.17) is 4.74 Å². The number of rotatable bonds is 5. The van der Waals surface area contributed by atoms with Crippen molar-refractivity contribution in [1.82, 2.24) is 15.1 Å². The number of nitrogens with one attached hydrogen (secondary N) is 1. The van der Waals surface area contributed by atoms with Gasteiger partial charge < -0.3 is 10.1 Å². The topological polar surface area (TPSA) is 56.1 Å². The van der Waals surface area contributed by atoms with Gasteiger partial charge in [0.1, 0.15) is 5.56 Å². The fraction of sp³-hybridized carbons (Fsp3) is 0.733. The Morgan fingerprint density at radius 2 is 2.15 bits per heavy atom. The lowest BCUT2D eigenvalue weighted by Gasteiger charge is -2.34. The second kappa shape index (κ2) is 6.39. The molecule has 112 valence electrons. The first-order valence-corrected chi connectivity index (χ1v) is 7.49. The summed E-state index contributed by atoms with van der Waals surface area (Å²) < 4.78 is 6.83. The number of carbonyl (C=O) groups excluding carboxylic acids is 1. The molecule has 1 aromatic heterocycles. The quantitative estimate of drug-likeness (QED) is 0.841. The maximum Gasteiger partial charge on any atom is 0.341 e. The van der Waals surface area contributed by atoms with Gasteiger partial charge in [-0.05, 0) is 26.7 Å². The lowest BCUT2D eigenvalue weighted by atomic mass is 9.83. The average molecular weight is 279 g/mol. The molecule has 0 spiro atoms. The summed E-state index contributed by atoms with van der Waals surface area (Å²) in [5, 5.41) is 7.79. The van der Waals surface area contributed by atoms with Crippen molar-refractivity contribution in [2.75, 3.05) is 6.61 Å². The molecule has 1 saturated carbocycles. The molecule has 0 saturated heterocycles. The van der Waals surface area contributed by atoms with Gasteiger partial charge in [0.05, 0.1) is 18.5 Å². The van der Waals surface area contributed by atoms with Crippen LogP contribution in [0.25, 0.3) is 0 Å². The van der Waals surface area contributed by atoms with Crippen LogP contribution in [0.3, 0.4) is 0 Å². The van der Waals surface area contributed by atoms with Gasteiger partial charge in [0.25, 0.3) is 0 Å². The molecule has 5 nitrogen and oxygen atoms in total. The second-order valence-corrected chi connectivity index (χ2v) is 5.82. The second-order valence-electron chi connectivity index (χ2n) is 5.82. The van der Waals surface area contributed by atoms with Gasteiger partial charge in [0.15, 0.2) is 0 Å². The number of aryl methyl sites for hydroxylation is 1. The first kappa shape index (κ1) is 15.0. The number of hydrogen-bond donors (Lipinski definition) is 1. The minimum absolute atomic E-state index is 0.175. The Morgan fingerprint density at radius 1 is 1.45 bits per heavy atom. The van der Waals surface area contributed by atoms with Crippen LogP contribution in [0.15, 0.2) is 6.20 Å². The molecule has 5 heteroatoms. The Hall–Kier alpha value is -1.36. The number of aromatic nitrogens is 2. The van der Waals surface area contributed by atoms with Crippen molar-refractivity contribution in [2.45, 2.75) is 58.0 Å². The van der Waals surface area contributed by atoms with Crippen LogP contribution in [0.4, 0.5) is 0 Å². The van der Waals surface area contributed by atoms with E-state index in [-0.39, 0.29) is 11.5 Å². The highest BCUT2D eigenvalue weighted by molar-refractivity contribution is 5.90. The summed E-state index contributed by atoms with van der Waals surface area (Å²) in [6.45, 7) is 5.13. The Bertz CT molecular complexity index is 462. The Labute approximate surface area is 120 Å². The molecule has 0 aliphatic heterocycles. The lowest BCUT2D eigenvalue weighted by molar-refractivity contribution is 0.0524. The lowest BCUT2D eigenvalue weighted by Crippen LogP contribution is -2.43. The zero-order valence-electron chi connectivity index (χ0n) is 12.7. The highest BCUT2D eigenvalue weighted by Crippen LogP contribution is 2.28. The van der Waals surface area contributed by atoms with Crippen LogP contribution in [-0.2, 0) is 18.3 Å². The SMILES string of the molecule is CCOC(=O)c1cnn(C)c1CNC1(C)CCCCC1. The minimum atomic E-state index is -0.286. The van der Waals surface area contributed by atoms with E-state index in [0.717, 1.165) is 5.69 Å². The fourth-order valence-corrected chi connectivity index (χ4v) is 2.86. The standard InChI is InChI=1S/C15H25N3O2/c1-4-20-14(19)12-10-17-18(3)13(12)11-16-15(2)8-6-5-7-9-15/h10,16H,4-9,11H2,1-3H3. The minimum Gasteiger partial charge on any atom is -0.462 e. The monoisotopic (exact) mass is 279 g/mol. The van der Waals surface area contributed by atoms with Crippen molar-refractivity contribution >= 4 is 5.97 Å². The van der Waals surface area contributed by atoms with Crippen LogP contribution in [0, 0.1) is 0 Å². The maximum absolute atomic E-state index is 11.9. The van der Waals surface area contributed by atoms with Gasteiger partial charge in [-0.2, -0.15) is 5.10 Å². The van der Waals surface area contributed by atoms with Crippen LogP contribution >= 0.6 is 0 Å². The fourth-order valence-electron chi connectivity index (χ4n) is 2.86. The summed E-state index contributed by atoms with van der Waals surface area (Å²) in [7, 11) is 1.86. The van der Waals surface area contributed by atoms with Crippen LogP contribution in [0.2, 0.25) is 0 Å². The molecule has 0 radical (unpaired) electrons. The van der Waals surface area contributed by atoms with Crippen LogP contribution < -0.4 is 5.32 Å². The highest BCUT2D eigenvalue weighted by atomic mass is 16.5. The molecule has 2 rings (SSSR count). The molecule has 1 N–H and O–H groups in total. The third kappa shape index (κ3) is 3.39. The van der Waals surface area contributed by atoms with E-state index in [0.29, 0.717) is 18.7 Å². The largest absolute Gasteiger partial charge is 0.462 e. The number of esters is 1. The predicted molar refractivity (Wildman–Crippen MR) is 77.5 cm³/mol. The maximum atomic E-state index is 11.9. The van der Waals surface area contributed by atoms with E-state index in [2.05, 4.69) is 17.3 Å². The first-order chi connectivity index (χ1) is 9.56. The van der Waals surface area contributed by atoms with Crippen molar-refractivity contribution in [3.63, 3.8) is 0 Å². The summed E-state index contributed by atoms with van der Waals surface area (Å²) in [5.41, 5.74) is 1.64. The summed E-state index contributed by atoms with van der Waals surface area (Å²) in [6, 6.07) is 0. The van der Waals surface area contributed by atoms with Crippen molar-refractivity contribution in [3.8, 4) is 0 Å². The average Bonchev–Trinajstić information content (AvgIpc) is 2.79. The molecule has 1 heterocycles. The van der Waals surface area contributed by atoms with Gasteiger partial charge >= 0.3 is 5.97 Å². The van der Waals surface area contributed by atoms with Crippen molar-refractivity contribution in [1.29, 1.82) is 0 Å². The van der Waals surface area contributed by atoms with Crippen LogP contribution in [-0.4, -0.2) is 27.9 Å². The van der Waals surface area contributed by atoms with E-state index in [1.165, 1.54) is 32.1 Å². The molecule has 0 amide bonds. The zero-order chi connectivity index (χ0) is 14.6. The van der Waals surface area contributed by atoms with E-state index in [1.54, 1.807) is 10.9 Å². The molecule has 0 atom stereocenters. The van der Waals surface area contributed by atoms with Gasteiger partial charge in [0, 0.05) is 19.1 Å².